The van der Waals surface area contributed by atoms with E-state index >= 15 is 0 Å². The zero-order valence-electron chi connectivity index (χ0n) is 10.5. The van der Waals surface area contributed by atoms with E-state index in [0.717, 1.165) is 12.1 Å². The summed E-state index contributed by atoms with van der Waals surface area (Å²) in [5, 5.41) is 0.288. The maximum atomic E-state index is 12.9. The zero-order chi connectivity index (χ0) is 16.7. The quantitative estimate of drug-likeness (QED) is 0.382. The Morgan fingerprint density at radius 1 is 0.818 bits per heavy atom. The third-order valence-corrected chi connectivity index (χ3v) is 3.95. The van der Waals surface area contributed by atoms with Crippen LogP contribution in [0.3, 0.4) is 0 Å². The first kappa shape index (κ1) is 17.3. The molecule has 8 heteroatoms. The highest BCUT2D eigenvalue weighted by atomic mass is 35.5. The Balaban J connectivity index is 2.66. The van der Waals surface area contributed by atoms with Crippen molar-refractivity contribution < 1.29 is 22.0 Å². The van der Waals surface area contributed by atoms with Gasteiger partial charge in [0.2, 0.25) is 0 Å². The van der Waals surface area contributed by atoms with Crippen LogP contribution in [0.25, 0.3) is 11.1 Å². The van der Waals surface area contributed by atoms with Gasteiger partial charge in [-0.25, -0.2) is 8.78 Å². The van der Waals surface area contributed by atoms with Crippen molar-refractivity contribution in [2.45, 2.75) is 12.6 Å². The molecule has 0 aliphatic carbocycles. The smallest absolute Gasteiger partial charge is 0.205 e. The highest BCUT2D eigenvalue weighted by Crippen LogP contribution is 2.41. The van der Waals surface area contributed by atoms with Crippen LogP contribution in [-0.2, 0) is 6.18 Å². The number of halogens is 8. The molecular weight excluding hydrogens is 370 g/mol. The van der Waals surface area contributed by atoms with Gasteiger partial charge in [0, 0.05) is 16.1 Å². The van der Waals surface area contributed by atoms with Gasteiger partial charge in [0.15, 0.2) is 0 Å². The van der Waals surface area contributed by atoms with E-state index in [1.807, 2.05) is 0 Å². The molecule has 0 fully saturated rings. The predicted molar refractivity (Wildman–Crippen MR) is 76.9 cm³/mol. The van der Waals surface area contributed by atoms with E-state index in [1.165, 1.54) is 12.1 Å². The topological polar surface area (TPSA) is 0 Å². The fourth-order valence-electron chi connectivity index (χ4n) is 1.90. The fraction of sp³-hybridized carbons (Fsp3) is 0.143. The average molecular weight is 376 g/mol. The summed E-state index contributed by atoms with van der Waals surface area (Å²) in [5.41, 5.74) is -2.32. The Morgan fingerprint density at radius 2 is 1.41 bits per heavy atom. The zero-order valence-corrected chi connectivity index (χ0v) is 12.8. The van der Waals surface area contributed by atoms with Crippen LogP contribution in [0, 0.1) is 0 Å². The van der Waals surface area contributed by atoms with Crippen molar-refractivity contribution >= 4 is 34.8 Å². The molecule has 2 rings (SSSR count). The van der Waals surface area contributed by atoms with Gasteiger partial charge >= 0.3 is 6.18 Å². The number of hydrogen-bond donors (Lipinski definition) is 0. The first-order valence-electron chi connectivity index (χ1n) is 5.75. The minimum atomic E-state index is -4.91. The second-order valence-corrected chi connectivity index (χ2v) is 5.57. The highest BCUT2D eigenvalue weighted by Gasteiger charge is 2.36. The molecule has 0 atom stereocenters. The summed E-state index contributed by atoms with van der Waals surface area (Å²) in [5.74, 6) is 0. The highest BCUT2D eigenvalue weighted by molar-refractivity contribution is 6.44. The van der Waals surface area contributed by atoms with Crippen LogP contribution in [0.15, 0.2) is 30.3 Å². The molecular formula is C14H6Cl3F5. The van der Waals surface area contributed by atoms with Crippen molar-refractivity contribution in [1.82, 2.24) is 0 Å². The Hall–Kier alpha value is -1.04. The lowest BCUT2D eigenvalue weighted by Crippen LogP contribution is -2.09. The molecule has 0 aliphatic heterocycles. The Labute approximate surface area is 137 Å². The molecule has 2 aromatic carbocycles. The Morgan fingerprint density at radius 3 is 1.95 bits per heavy atom. The minimum absolute atomic E-state index is 0.0142. The van der Waals surface area contributed by atoms with Gasteiger partial charge in [-0.3, -0.25) is 0 Å². The fourth-order valence-corrected chi connectivity index (χ4v) is 2.56. The van der Waals surface area contributed by atoms with E-state index in [2.05, 4.69) is 0 Å². The summed E-state index contributed by atoms with van der Waals surface area (Å²) in [4.78, 5) is 0. The van der Waals surface area contributed by atoms with Gasteiger partial charge in [0.25, 0.3) is 6.43 Å². The summed E-state index contributed by atoms with van der Waals surface area (Å²) in [6, 6.07) is 5.02. The average Bonchev–Trinajstić information content (AvgIpc) is 2.41. The van der Waals surface area contributed by atoms with Crippen molar-refractivity contribution in [3.63, 3.8) is 0 Å². The lowest BCUT2D eigenvalue weighted by molar-refractivity contribution is -0.139. The van der Waals surface area contributed by atoms with Gasteiger partial charge < -0.3 is 0 Å². The molecule has 0 heterocycles. The Kier molecular flexibility index (Phi) is 4.90. The summed E-state index contributed by atoms with van der Waals surface area (Å²) in [6.45, 7) is 0. The second-order valence-electron chi connectivity index (χ2n) is 4.35. The van der Waals surface area contributed by atoms with Gasteiger partial charge in [0.1, 0.15) is 0 Å². The first-order valence-corrected chi connectivity index (χ1v) is 6.89. The number of hydrogen-bond acceptors (Lipinski definition) is 0. The lowest BCUT2D eigenvalue weighted by atomic mass is 9.98. The van der Waals surface area contributed by atoms with Crippen LogP contribution in [0.2, 0.25) is 15.1 Å². The number of benzene rings is 2. The summed E-state index contributed by atoms with van der Waals surface area (Å²) >= 11 is 17.5. The lowest BCUT2D eigenvalue weighted by Gasteiger charge is -2.15. The predicted octanol–water partition coefficient (Wildman–Crippen LogP) is 7.27. The SMILES string of the molecule is FC(F)c1ccc(-c2cc(Cl)c(Cl)cc2Cl)cc1C(F)(F)F. The molecule has 0 nitrogen and oxygen atoms in total. The molecule has 0 spiro atoms. The van der Waals surface area contributed by atoms with Crippen molar-refractivity contribution in [2.24, 2.45) is 0 Å². The summed E-state index contributed by atoms with van der Waals surface area (Å²) in [6.07, 6.45) is -8.15. The molecule has 22 heavy (non-hydrogen) atoms. The van der Waals surface area contributed by atoms with Crippen LogP contribution < -0.4 is 0 Å². The molecule has 0 aliphatic rings. The molecule has 0 saturated heterocycles. The molecule has 0 N–H and O–H groups in total. The Bertz CT molecular complexity index is 710. The van der Waals surface area contributed by atoms with Crippen LogP contribution in [0.4, 0.5) is 22.0 Å². The van der Waals surface area contributed by atoms with Crippen LogP contribution >= 0.6 is 34.8 Å². The van der Waals surface area contributed by atoms with E-state index in [1.54, 1.807) is 0 Å². The summed E-state index contributed by atoms with van der Waals surface area (Å²) < 4.78 is 64.3. The van der Waals surface area contributed by atoms with Crippen LogP contribution in [-0.4, -0.2) is 0 Å². The molecule has 2 aromatic rings. The van der Waals surface area contributed by atoms with Crippen LogP contribution in [0.5, 0.6) is 0 Å². The van der Waals surface area contributed by atoms with Crippen molar-refractivity contribution in [2.75, 3.05) is 0 Å². The largest absolute Gasteiger partial charge is 0.416 e. The molecule has 0 radical (unpaired) electrons. The molecule has 118 valence electrons. The van der Waals surface area contributed by atoms with Gasteiger partial charge in [-0.15, -0.1) is 0 Å². The minimum Gasteiger partial charge on any atom is -0.205 e. The van der Waals surface area contributed by atoms with Crippen molar-refractivity contribution in [1.29, 1.82) is 0 Å². The third-order valence-electron chi connectivity index (χ3n) is 2.91. The molecule has 0 unspecified atom stereocenters. The van der Waals surface area contributed by atoms with Gasteiger partial charge in [-0.1, -0.05) is 46.9 Å². The third kappa shape index (κ3) is 3.47. The normalized spacial score (nSPS) is 12.0. The maximum absolute atomic E-state index is 12.9. The van der Waals surface area contributed by atoms with E-state index < -0.39 is 23.7 Å². The number of alkyl halides is 5. The standard InChI is InChI=1S/C14H6Cl3F5/c15-10-5-12(17)11(16)4-8(10)6-1-2-7(13(18)19)9(3-6)14(20,21)22/h1-5,13H. The molecule has 0 saturated carbocycles. The van der Waals surface area contributed by atoms with Crippen molar-refractivity contribution in [3.05, 3.63) is 56.5 Å². The molecule has 0 amide bonds. The van der Waals surface area contributed by atoms with Gasteiger partial charge in [0.05, 0.1) is 15.6 Å². The molecule has 0 bridgehead atoms. The van der Waals surface area contributed by atoms with Crippen LogP contribution in [0.1, 0.15) is 17.6 Å². The molecule has 0 aromatic heterocycles. The van der Waals surface area contributed by atoms with Gasteiger partial charge in [-0.05, 0) is 23.8 Å². The monoisotopic (exact) mass is 374 g/mol. The van der Waals surface area contributed by atoms with Crippen molar-refractivity contribution in [3.8, 4) is 11.1 Å². The first-order chi connectivity index (χ1) is 10.1. The maximum Gasteiger partial charge on any atom is 0.416 e. The van der Waals surface area contributed by atoms with E-state index in [-0.39, 0.29) is 26.2 Å². The van der Waals surface area contributed by atoms with E-state index in [0.29, 0.717) is 6.07 Å². The van der Waals surface area contributed by atoms with Gasteiger partial charge in [-0.2, -0.15) is 13.2 Å². The summed E-state index contributed by atoms with van der Waals surface area (Å²) in [7, 11) is 0. The second kappa shape index (κ2) is 6.22. The number of rotatable bonds is 2. The van der Waals surface area contributed by atoms with E-state index in [4.69, 9.17) is 34.8 Å². The van der Waals surface area contributed by atoms with E-state index in [9.17, 15) is 22.0 Å².